The van der Waals surface area contributed by atoms with Crippen molar-refractivity contribution in [3.8, 4) is 6.07 Å². The van der Waals surface area contributed by atoms with Crippen molar-refractivity contribution in [2.75, 3.05) is 5.32 Å². The molecule has 1 aromatic heterocycles. The lowest BCUT2D eigenvalue weighted by atomic mass is 10.1. The summed E-state index contributed by atoms with van der Waals surface area (Å²) in [5, 5.41) is 20.6. The van der Waals surface area contributed by atoms with E-state index < -0.39 is 5.97 Å². The van der Waals surface area contributed by atoms with Crippen LogP contribution in [0.4, 0.5) is 11.5 Å². The molecule has 0 saturated heterocycles. The van der Waals surface area contributed by atoms with Crippen molar-refractivity contribution in [2.24, 2.45) is 0 Å². The van der Waals surface area contributed by atoms with Crippen LogP contribution in [-0.2, 0) is 0 Å². The van der Waals surface area contributed by atoms with Crippen LogP contribution in [0.2, 0.25) is 0 Å². The van der Waals surface area contributed by atoms with E-state index in [1.807, 2.05) is 6.07 Å². The van der Waals surface area contributed by atoms with Crippen LogP contribution in [0.15, 0.2) is 30.6 Å². The predicted molar refractivity (Wildman–Crippen MR) is 68.2 cm³/mol. The molecule has 0 fully saturated rings. The third kappa shape index (κ3) is 2.84. The topological polar surface area (TPSA) is 98.9 Å². The van der Waals surface area contributed by atoms with Gasteiger partial charge in [0, 0.05) is 5.69 Å². The van der Waals surface area contributed by atoms with E-state index in [1.54, 1.807) is 19.1 Å². The van der Waals surface area contributed by atoms with Crippen LogP contribution in [0, 0.1) is 18.3 Å². The fourth-order valence-electron chi connectivity index (χ4n) is 1.53. The first kappa shape index (κ1) is 12.5. The predicted octanol–water partition coefficient (Wildman–Crippen LogP) is 2.10. The molecule has 0 saturated carbocycles. The summed E-state index contributed by atoms with van der Waals surface area (Å²) < 4.78 is 0. The number of rotatable bonds is 3. The van der Waals surface area contributed by atoms with Crippen LogP contribution in [-0.4, -0.2) is 21.0 Å². The molecule has 0 unspecified atom stereocenters. The molecule has 2 aromatic rings. The SMILES string of the molecule is Cc1ccc(Nc2cnc(C#N)cn2)cc1C(=O)O. The number of aromatic carboxylic acids is 1. The van der Waals surface area contributed by atoms with Crippen molar-refractivity contribution in [3.05, 3.63) is 47.4 Å². The lowest BCUT2D eigenvalue weighted by molar-refractivity contribution is 0.0696. The maximum Gasteiger partial charge on any atom is 0.336 e. The minimum Gasteiger partial charge on any atom is -0.478 e. The normalized spacial score (nSPS) is 9.68. The third-order valence-electron chi connectivity index (χ3n) is 2.51. The summed E-state index contributed by atoms with van der Waals surface area (Å²) in [6.45, 7) is 1.73. The molecule has 0 amide bonds. The Kier molecular flexibility index (Phi) is 3.39. The Hall–Kier alpha value is -2.94. The van der Waals surface area contributed by atoms with Gasteiger partial charge in [-0.2, -0.15) is 5.26 Å². The summed E-state index contributed by atoms with van der Waals surface area (Å²) >= 11 is 0. The van der Waals surface area contributed by atoms with E-state index >= 15 is 0 Å². The minimum absolute atomic E-state index is 0.223. The average molecular weight is 254 g/mol. The average Bonchev–Trinajstić information content (AvgIpc) is 2.41. The summed E-state index contributed by atoms with van der Waals surface area (Å²) in [5.41, 5.74) is 1.73. The number of carboxylic acid groups (broad SMARTS) is 1. The first-order valence-corrected chi connectivity index (χ1v) is 5.43. The lowest BCUT2D eigenvalue weighted by Crippen LogP contribution is -2.02. The zero-order chi connectivity index (χ0) is 13.8. The monoisotopic (exact) mass is 254 g/mol. The molecule has 2 N–H and O–H groups in total. The number of carbonyl (C=O) groups is 1. The second kappa shape index (κ2) is 5.14. The Bertz CT molecular complexity index is 659. The zero-order valence-corrected chi connectivity index (χ0v) is 10.1. The summed E-state index contributed by atoms with van der Waals surface area (Å²) in [4.78, 5) is 18.9. The van der Waals surface area contributed by atoms with Gasteiger partial charge in [0.15, 0.2) is 5.69 Å². The molecule has 19 heavy (non-hydrogen) atoms. The molecular weight excluding hydrogens is 244 g/mol. The molecule has 0 radical (unpaired) electrons. The molecule has 0 bridgehead atoms. The first-order chi connectivity index (χ1) is 9.10. The Morgan fingerprint density at radius 2 is 2.16 bits per heavy atom. The quantitative estimate of drug-likeness (QED) is 0.870. The third-order valence-corrected chi connectivity index (χ3v) is 2.51. The fraction of sp³-hybridized carbons (Fsp3) is 0.0769. The molecule has 1 aromatic carbocycles. The Balaban J connectivity index is 2.25. The van der Waals surface area contributed by atoms with E-state index in [9.17, 15) is 4.79 Å². The van der Waals surface area contributed by atoms with Gasteiger partial charge in [-0.25, -0.2) is 14.8 Å². The van der Waals surface area contributed by atoms with Gasteiger partial charge in [-0.1, -0.05) is 6.07 Å². The molecule has 2 rings (SSSR count). The highest BCUT2D eigenvalue weighted by Gasteiger charge is 2.08. The summed E-state index contributed by atoms with van der Waals surface area (Å²) in [6, 6.07) is 6.86. The van der Waals surface area contributed by atoms with Gasteiger partial charge in [0.25, 0.3) is 0 Å². The maximum absolute atomic E-state index is 11.0. The summed E-state index contributed by atoms with van der Waals surface area (Å²) in [6.07, 6.45) is 2.76. The molecule has 0 aliphatic rings. The Morgan fingerprint density at radius 1 is 1.37 bits per heavy atom. The molecular formula is C13H10N4O2. The molecule has 6 heteroatoms. The van der Waals surface area contributed by atoms with Crippen LogP contribution in [0.25, 0.3) is 0 Å². The van der Waals surface area contributed by atoms with E-state index in [2.05, 4.69) is 15.3 Å². The van der Waals surface area contributed by atoms with E-state index in [1.165, 1.54) is 18.5 Å². The van der Waals surface area contributed by atoms with E-state index in [0.29, 0.717) is 17.1 Å². The number of nitrogens with zero attached hydrogens (tertiary/aromatic N) is 3. The van der Waals surface area contributed by atoms with Crippen molar-refractivity contribution in [3.63, 3.8) is 0 Å². The van der Waals surface area contributed by atoms with Crippen molar-refractivity contribution >= 4 is 17.5 Å². The zero-order valence-electron chi connectivity index (χ0n) is 10.1. The largest absolute Gasteiger partial charge is 0.478 e. The number of hydrogen-bond acceptors (Lipinski definition) is 5. The van der Waals surface area contributed by atoms with Gasteiger partial charge in [0.1, 0.15) is 11.9 Å². The summed E-state index contributed by atoms with van der Waals surface area (Å²) in [5.74, 6) is -0.536. The van der Waals surface area contributed by atoms with Crippen LogP contribution < -0.4 is 5.32 Å². The van der Waals surface area contributed by atoms with E-state index in [0.717, 1.165) is 0 Å². The number of benzene rings is 1. The van der Waals surface area contributed by atoms with Gasteiger partial charge in [0.05, 0.1) is 18.0 Å². The van der Waals surface area contributed by atoms with Crippen molar-refractivity contribution in [1.82, 2.24) is 9.97 Å². The molecule has 94 valence electrons. The highest BCUT2D eigenvalue weighted by Crippen LogP contribution is 2.18. The number of aromatic nitrogens is 2. The number of nitrogens with one attached hydrogen (secondary N) is 1. The van der Waals surface area contributed by atoms with Crippen LogP contribution in [0.1, 0.15) is 21.6 Å². The number of nitriles is 1. The number of hydrogen-bond donors (Lipinski definition) is 2. The maximum atomic E-state index is 11.0. The Labute approximate surface area is 109 Å². The molecule has 1 heterocycles. The van der Waals surface area contributed by atoms with Crippen LogP contribution >= 0.6 is 0 Å². The smallest absolute Gasteiger partial charge is 0.336 e. The highest BCUT2D eigenvalue weighted by atomic mass is 16.4. The van der Waals surface area contributed by atoms with E-state index in [-0.39, 0.29) is 11.3 Å². The van der Waals surface area contributed by atoms with Gasteiger partial charge >= 0.3 is 5.97 Å². The summed E-state index contributed by atoms with van der Waals surface area (Å²) in [7, 11) is 0. The molecule has 0 aliphatic carbocycles. The van der Waals surface area contributed by atoms with Crippen molar-refractivity contribution in [1.29, 1.82) is 5.26 Å². The molecule has 0 spiro atoms. The van der Waals surface area contributed by atoms with Gasteiger partial charge in [-0.3, -0.25) is 0 Å². The van der Waals surface area contributed by atoms with Crippen LogP contribution in [0.5, 0.6) is 0 Å². The Morgan fingerprint density at radius 3 is 2.74 bits per heavy atom. The van der Waals surface area contributed by atoms with Gasteiger partial charge in [-0.15, -0.1) is 0 Å². The highest BCUT2D eigenvalue weighted by molar-refractivity contribution is 5.90. The van der Waals surface area contributed by atoms with Crippen molar-refractivity contribution < 1.29 is 9.90 Å². The first-order valence-electron chi connectivity index (χ1n) is 5.43. The number of aryl methyl sites for hydroxylation is 1. The minimum atomic E-state index is -0.980. The molecule has 6 nitrogen and oxygen atoms in total. The van der Waals surface area contributed by atoms with Gasteiger partial charge < -0.3 is 10.4 Å². The molecule has 0 atom stereocenters. The van der Waals surface area contributed by atoms with E-state index in [4.69, 9.17) is 10.4 Å². The fourth-order valence-corrected chi connectivity index (χ4v) is 1.53. The molecule has 0 aliphatic heterocycles. The second-order valence-corrected chi connectivity index (χ2v) is 3.86. The second-order valence-electron chi connectivity index (χ2n) is 3.86. The van der Waals surface area contributed by atoms with Crippen LogP contribution in [0.3, 0.4) is 0 Å². The standard InChI is InChI=1S/C13H10N4O2/c1-8-2-3-9(4-11(8)13(18)19)17-12-7-15-10(5-14)6-16-12/h2-4,6-7H,1H3,(H,16,17)(H,18,19). The lowest BCUT2D eigenvalue weighted by Gasteiger charge is -2.07. The number of anilines is 2. The van der Waals surface area contributed by atoms with Gasteiger partial charge in [-0.05, 0) is 24.6 Å². The van der Waals surface area contributed by atoms with Crippen molar-refractivity contribution in [2.45, 2.75) is 6.92 Å². The van der Waals surface area contributed by atoms with Gasteiger partial charge in [0.2, 0.25) is 0 Å². The number of carboxylic acids is 1.